The molecule has 3 nitrogen and oxygen atoms in total. The average Bonchev–Trinajstić information content (AvgIpc) is 2.24. The monoisotopic (exact) mass is 220 g/mol. The van der Waals surface area contributed by atoms with E-state index in [1.807, 2.05) is 39.0 Å². The van der Waals surface area contributed by atoms with Crippen molar-refractivity contribution in [1.82, 2.24) is 5.32 Å². The molecule has 0 bridgehead atoms. The molecule has 1 aromatic rings. The van der Waals surface area contributed by atoms with Crippen LogP contribution in [0.4, 0.5) is 0 Å². The lowest BCUT2D eigenvalue weighted by molar-refractivity contribution is -0.125. The number of carbonyl (C=O) groups is 1. The zero-order valence-electron chi connectivity index (χ0n) is 10.2. The van der Waals surface area contributed by atoms with E-state index in [-0.39, 0.29) is 17.9 Å². The molecule has 16 heavy (non-hydrogen) atoms. The molecule has 0 aliphatic heterocycles. The number of rotatable bonds is 4. The summed E-state index contributed by atoms with van der Waals surface area (Å²) < 4.78 is 0. The van der Waals surface area contributed by atoms with Crippen molar-refractivity contribution in [2.24, 2.45) is 11.7 Å². The Morgan fingerprint density at radius 1 is 1.44 bits per heavy atom. The van der Waals surface area contributed by atoms with E-state index in [2.05, 4.69) is 11.4 Å². The fourth-order valence-electron chi connectivity index (χ4n) is 1.41. The van der Waals surface area contributed by atoms with Crippen LogP contribution in [0, 0.1) is 12.8 Å². The molecule has 3 N–H and O–H groups in total. The van der Waals surface area contributed by atoms with Crippen LogP contribution in [0.2, 0.25) is 0 Å². The second-order valence-corrected chi connectivity index (χ2v) is 4.35. The van der Waals surface area contributed by atoms with Gasteiger partial charge in [-0.3, -0.25) is 4.79 Å². The molecular weight excluding hydrogens is 200 g/mol. The Morgan fingerprint density at radius 3 is 2.69 bits per heavy atom. The van der Waals surface area contributed by atoms with Crippen molar-refractivity contribution in [1.29, 1.82) is 0 Å². The summed E-state index contributed by atoms with van der Waals surface area (Å²) in [7, 11) is 0. The first-order valence-corrected chi connectivity index (χ1v) is 5.59. The van der Waals surface area contributed by atoms with Gasteiger partial charge in [-0.25, -0.2) is 0 Å². The Hall–Kier alpha value is -1.35. The number of hydrogen-bond acceptors (Lipinski definition) is 2. The molecule has 0 aromatic heterocycles. The highest BCUT2D eigenvalue weighted by molar-refractivity contribution is 5.78. The Labute approximate surface area is 97.0 Å². The van der Waals surface area contributed by atoms with Crippen LogP contribution in [-0.4, -0.2) is 11.9 Å². The summed E-state index contributed by atoms with van der Waals surface area (Å²) in [5, 5.41) is 2.89. The van der Waals surface area contributed by atoms with Crippen molar-refractivity contribution in [2.45, 2.75) is 33.4 Å². The summed E-state index contributed by atoms with van der Waals surface area (Å²) in [6, 6.07) is 7.99. The molecule has 2 atom stereocenters. The number of carbonyl (C=O) groups excluding carboxylic acids is 1. The number of aryl methyl sites for hydroxylation is 1. The van der Waals surface area contributed by atoms with E-state index < -0.39 is 0 Å². The average molecular weight is 220 g/mol. The smallest absolute Gasteiger partial charge is 0.224 e. The van der Waals surface area contributed by atoms with Gasteiger partial charge in [-0.1, -0.05) is 36.8 Å². The Balaban J connectivity index is 2.49. The van der Waals surface area contributed by atoms with Crippen LogP contribution >= 0.6 is 0 Å². The predicted molar refractivity (Wildman–Crippen MR) is 65.8 cm³/mol. The lowest BCUT2D eigenvalue weighted by atomic mass is 10.0. The summed E-state index contributed by atoms with van der Waals surface area (Å²) in [6.45, 7) is 6.29. The van der Waals surface area contributed by atoms with E-state index in [0.29, 0.717) is 6.54 Å². The second kappa shape index (κ2) is 5.66. The zero-order chi connectivity index (χ0) is 12.1. The van der Waals surface area contributed by atoms with Crippen LogP contribution < -0.4 is 11.1 Å². The molecule has 1 rings (SSSR count). The lowest BCUT2D eigenvalue weighted by Crippen LogP contribution is -2.38. The van der Waals surface area contributed by atoms with E-state index in [1.54, 1.807) is 0 Å². The predicted octanol–water partition coefficient (Wildman–Crippen LogP) is 1.59. The fraction of sp³-hybridized carbons (Fsp3) is 0.462. The van der Waals surface area contributed by atoms with Gasteiger partial charge in [0.15, 0.2) is 0 Å². The highest BCUT2D eigenvalue weighted by Crippen LogP contribution is 2.05. The van der Waals surface area contributed by atoms with Gasteiger partial charge in [0, 0.05) is 18.5 Å². The maximum Gasteiger partial charge on any atom is 0.224 e. The Morgan fingerprint density at radius 2 is 2.12 bits per heavy atom. The van der Waals surface area contributed by atoms with Crippen molar-refractivity contribution in [3.63, 3.8) is 0 Å². The van der Waals surface area contributed by atoms with Crippen LogP contribution in [0.25, 0.3) is 0 Å². The summed E-state index contributed by atoms with van der Waals surface area (Å²) in [5.74, 6) is -0.138. The maximum absolute atomic E-state index is 11.7. The molecule has 0 heterocycles. The molecule has 0 aliphatic carbocycles. The first-order chi connectivity index (χ1) is 7.50. The number of nitrogens with one attached hydrogen (secondary N) is 1. The summed E-state index contributed by atoms with van der Waals surface area (Å²) >= 11 is 0. The minimum absolute atomic E-state index is 0.0107. The summed E-state index contributed by atoms with van der Waals surface area (Å²) in [5.41, 5.74) is 7.99. The van der Waals surface area contributed by atoms with Crippen molar-refractivity contribution >= 4 is 5.91 Å². The van der Waals surface area contributed by atoms with Gasteiger partial charge >= 0.3 is 0 Å². The van der Waals surface area contributed by atoms with Crippen LogP contribution in [0.3, 0.4) is 0 Å². The maximum atomic E-state index is 11.7. The zero-order valence-corrected chi connectivity index (χ0v) is 10.2. The van der Waals surface area contributed by atoms with Gasteiger partial charge in [0.2, 0.25) is 5.91 Å². The van der Waals surface area contributed by atoms with E-state index >= 15 is 0 Å². The van der Waals surface area contributed by atoms with E-state index in [0.717, 1.165) is 5.56 Å². The molecule has 0 spiro atoms. The Bertz CT molecular complexity index is 361. The van der Waals surface area contributed by atoms with Crippen molar-refractivity contribution in [3.8, 4) is 0 Å². The molecule has 2 unspecified atom stereocenters. The largest absolute Gasteiger partial charge is 0.352 e. The molecule has 3 heteroatoms. The number of benzene rings is 1. The minimum atomic E-state index is -0.148. The highest BCUT2D eigenvalue weighted by Gasteiger charge is 2.16. The molecule has 0 saturated heterocycles. The molecule has 0 saturated carbocycles. The molecule has 0 fully saturated rings. The first kappa shape index (κ1) is 12.7. The van der Waals surface area contributed by atoms with E-state index in [1.165, 1.54) is 5.56 Å². The standard InChI is InChI=1S/C13H20N2O/c1-9-5-4-6-12(7-9)8-15-13(16)10(2)11(3)14/h4-7,10-11H,8,14H2,1-3H3,(H,15,16). The number of hydrogen-bond donors (Lipinski definition) is 2. The van der Waals surface area contributed by atoms with Gasteiger partial charge in [0.05, 0.1) is 0 Å². The first-order valence-electron chi connectivity index (χ1n) is 5.59. The van der Waals surface area contributed by atoms with Crippen LogP contribution in [-0.2, 0) is 11.3 Å². The normalized spacial score (nSPS) is 14.2. The molecule has 0 aliphatic rings. The molecule has 1 aromatic carbocycles. The van der Waals surface area contributed by atoms with Crippen molar-refractivity contribution < 1.29 is 4.79 Å². The van der Waals surface area contributed by atoms with E-state index in [9.17, 15) is 4.79 Å². The van der Waals surface area contributed by atoms with Crippen molar-refractivity contribution in [3.05, 3.63) is 35.4 Å². The van der Waals surface area contributed by atoms with Gasteiger partial charge in [0.25, 0.3) is 0 Å². The van der Waals surface area contributed by atoms with Crippen LogP contribution in [0.15, 0.2) is 24.3 Å². The quantitative estimate of drug-likeness (QED) is 0.809. The summed E-state index contributed by atoms with van der Waals surface area (Å²) in [4.78, 5) is 11.7. The topological polar surface area (TPSA) is 55.1 Å². The molecule has 0 radical (unpaired) electrons. The third-order valence-electron chi connectivity index (χ3n) is 2.75. The highest BCUT2D eigenvalue weighted by atomic mass is 16.1. The molecule has 1 amide bonds. The third-order valence-corrected chi connectivity index (χ3v) is 2.75. The molecular formula is C13H20N2O. The van der Waals surface area contributed by atoms with Gasteiger partial charge in [-0.05, 0) is 19.4 Å². The lowest BCUT2D eigenvalue weighted by Gasteiger charge is -2.15. The minimum Gasteiger partial charge on any atom is -0.352 e. The number of amides is 1. The van der Waals surface area contributed by atoms with Crippen LogP contribution in [0.5, 0.6) is 0 Å². The van der Waals surface area contributed by atoms with Gasteiger partial charge in [-0.15, -0.1) is 0 Å². The number of nitrogens with two attached hydrogens (primary N) is 1. The van der Waals surface area contributed by atoms with E-state index in [4.69, 9.17) is 5.73 Å². The third kappa shape index (κ3) is 3.66. The van der Waals surface area contributed by atoms with Crippen LogP contribution in [0.1, 0.15) is 25.0 Å². The van der Waals surface area contributed by atoms with Gasteiger partial charge in [-0.2, -0.15) is 0 Å². The van der Waals surface area contributed by atoms with Crippen molar-refractivity contribution in [2.75, 3.05) is 0 Å². The summed E-state index contributed by atoms with van der Waals surface area (Å²) in [6.07, 6.45) is 0. The fourth-order valence-corrected chi connectivity index (χ4v) is 1.41. The SMILES string of the molecule is Cc1cccc(CNC(=O)C(C)C(C)N)c1. The van der Waals surface area contributed by atoms with Gasteiger partial charge in [0.1, 0.15) is 0 Å². The second-order valence-electron chi connectivity index (χ2n) is 4.35. The van der Waals surface area contributed by atoms with Gasteiger partial charge < -0.3 is 11.1 Å². The molecule has 88 valence electrons. The Kier molecular flexibility index (Phi) is 4.50.